The first-order valence-electron chi connectivity index (χ1n) is 8.17. The van der Waals surface area contributed by atoms with E-state index in [1.165, 1.54) is 38.5 Å². The number of halogens is 1. The van der Waals surface area contributed by atoms with Gasteiger partial charge in [0.15, 0.2) is 0 Å². The van der Waals surface area contributed by atoms with Gasteiger partial charge in [0, 0.05) is 25.0 Å². The van der Waals surface area contributed by atoms with E-state index in [-0.39, 0.29) is 24.2 Å². The number of carbonyl (C=O) groups is 1. The Bertz CT molecular complexity index is 303. The van der Waals surface area contributed by atoms with E-state index in [1.54, 1.807) is 0 Å². The minimum atomic E-state index is 0. The molecule has 3 nitrogen and oxygen atoms in total. The van der Waals surface area contributed by atoms with E-state index in [2.05, 4.69) is 24.5 Å². The molecule has 118 valence electrons. The molecule has 0 aliphatic heterocycles. The van der Waals surface area contributed by atoms with Crippen molar-refractivity contribution in [2.24, 2.45) is 11.3 Å². The molecular weight excluding hydrogens is 272 g/mol. The molecule has 2 aliphatic carbocycles. The molecule has 0 spiro atoms. The Morgan fingerprint density at radius 2 is 1.80 bits per heavy atom. The summed E-state index contributed by atoms with van der Waals surface area (Å²) in [5.74, 6) is 0.544. The Morgan fingerprint density at radius 1 is 1.15 bits per heavy atom. The summed E-state index contributed by atoms with van der Waals surface area (Å²) in [6.07, 6.45) is 10.3. The first-order chi connectivity index (χ1) is 9.15. The molecule has 2 N–H and O–H groups in total. The van der Waals surface area contributed by atoms with Crippen LogP contribution in [0.25, 0.3) is 0 Å². The van der Waals surface area contributed by atoms with E-state index in [9.17, 15) is 4.79 Å². The van der Waals surface area contributed by atoms with Crippen molar-refractivity contribution >= 4 is 18.3 Å². The molecule has 2 aliphatic rings. The van der Waals surface area contributed by atoms with Gasteiger partial charge in [-0.2, -0.15) is 0 Å². The Balaban J connectivity index is 0.00000200. The highest BCUT2D eigenvalue weighted by Gasteiger charge is 2.52. The lowest BCUT2D eigenvalue weighted by molar-refractivity contribution is -0.123. The number of amides is 1. The zero-order valence-corrected chi connectivity index (χ0v) is 13.9. The summed E-state index contributed by atoms with van der Waals surface area (Å²) in [5, 5.41) is 6.68. The average Bonchev–Trinajstić information content (AvgIpc) is 3.15. The number of rotatable bonds is 6. The summed E-state index contributed by atoms with van der Waals surface area (Å²) in [5.41, 5.74) is 0.290. The summed E-state index contributed by atoms with van der Waals surface area (Å²) in [4.78, 5) is 11.9. The van der Waals surface area contributed by atoms with Crippen molar-refractivity contribution in [1.82, 2.24) is 10.6 Å². The fraction of sp³-hybridized carbons (Fsp3) is 0.938. The summed E-state index contributed by atoms with van der Waals surface area (Å²) in [6.45, 7) is 6.11. The van der Waals surface area contributed by atoms with E-state index in [4.69, 9.17) is 0 Å². The SMILES string of the molecule is CCC1(C)CC1C(=O)NCCNC1CCCCCC1.Cl. The maximum absolute atomic E-state index is 11.9. The standard InChI is InChI=1S/C16H30N2O.ClH/c1-3-16(2)12-14(16)15(19)18-11-10-17-13-8-6-4-5-7-9-13;/h13-14,17H,3-12H2,1-2H3,(H,18,19);1H. The van der Waals surface area contributed by atoms with Gasteiger partial charge in [-0.1, -0.05) is 39.5 Å². The molecule has 2 atom stereocenters. The summed E-state index contributed by atoms with van der Waals surface area (Å²) >= 11 is 0. The van der Waals surface area contributed by atoms with Crippen molar-refractivity contribution < 1.29 is 4.79 Å². The third kappa shape index (κ3) is 4.92. The van der Waals surface area contributed by atoms with Crippen LogP contribution in [0.4, 0.5) is 0 Å². The first kappa shape index (κ1) is 17.8. The summed E-state index contributed by atoms with van der Waals surface area (Å²) in [7, 11) is 0. The lowest BCUT2D eigenvalue weighted by Crippen LogP contribution is -2.37. The van der Waals surface area contributed by atoms with Crippen LogP contribution < -0.4 is 10.6 Å². The molecule has 0 bridgehead atoms. The number of carbonyl (C=O) groups excluding carboxylic acids is 1. The molecule has 0 heterocycles. The molecule has 4 heteroatoms. The lowest BCUT2D eigenvalue weighted by atomic mass is 10.0. The predicted octanol–water partition coefficient (Wildman–Crippen LogP) is 3.27. The molecule has 2 fully saturated rings. The van der Waals surface area contributed by atoms with Gasteiger partial charge in [0.1, 0.15) is 0 Å². The second-order valence-corrected chi connectivity index (χ2v) is 6.70. The third-order valence-corrected chi connectivity index (χ3v) is 5.19. The Hall–Kier alpha value is -0.280. The Morgan fingerprint density at radius 3 is 2.35 bits per heavy atom. The van der Waals surface area contributed by atoms with Crippen molar-refractivity contribution in [3.05, 3.63) is 0 Å². The first-order valence-corrected chi connectivity index (χ1v) is 8.17. The molecule has 2 saturated carbocycles. The highest BCUT2D eigenvalue weighted by Crippen LogP contribution is 2.54. The van der Waals surface area contributed by atoms with Crippen molar-refractivity contribution in [2.45, 2.75) is 71.3 Å². The van der Waals surface area contributed by atoms with Crippen LogP contribution in [0.2, 0.25) is 0 Å². The van der Waals surface area contributed by atoms with Crippen molar-refractivity contribution in [3.8, 4) is 0 Å². The van der Waals surface area contributed by atoms with Crippen LogP contribution in [0.1, 0.15) is 65.2 Å². The van der Waals surface area contributed by atoms with Gasteiger partial charge in [0.05, 0.1) is 0 Å². The monoisotopic (exact) mass is 302 g/mol. The van der Waals surface area contributed by atoms with Gasteiger partial charge in [0.2, 0.25) is 5.91 Å². The minimum Gasteiger partial charge on any atom is -0.355 e. The van der Waals surface area contributed by atoms with E-state index < -0.39 is 0 Å². The molecule has 0 aromatic rings. The number of hydrogen-bond acceptors (Lipinski definition) is 2. The highest BCUT2D eigenvalue weighted by atomic mass is 35.5. The second-order valence-electron chi connectivity index (χ2n) is 6.70. The third-order valence-electron chi connectivity index (χ3n) is 5.19. The van der Waals surface area contributed by atoms with Gasteiger partial charge in [-0.15, -0.1) is 12.4 Å². The van der Waals surface area contributed by atoms with Crippen LogP contribution in [0, 0.1) is 11.3 Å². The van der Waals surface area contributed by atoms with E-state index >= 15 is 0 Å². The van der Waals surface area contributed by atoms with Gasteiger partial charge in [-0.05, 0) is 31.1 Å². The molecule has 20 heavy (non-hydrogen) atoms. The summed E-state index contributed by atoms with van der Waals surface area (Å²) in [6, 6.07) is 0.682. The van der Waals surface area contributed by atoms with Gasteiger partial charge < -0.3 is 10.6 Å². The van der Waals surface area contributed by atoms with Crippen LogP contribution in [0.5, 0.6) is 0 Å². The van der Waals surface area contributed by atoms with Gasteiger partial charge in [-0.3, -0.25) is 4.79 Å². The molecule has 0 aromatic heterocycles. The molecule has 0 aromatic carbocycles. The molecule has 0 radical (unpaired) electrons. The topological polar surface area (TPSA) is 41.1 Å². The van der Waals surface area contributed by atoms with E-state index in [0.29, 0.717) is 11.5 Å². The zero-order valence-electron chi connectivity index (χ0n) is 13.0. The molecule has 0 saturated heterocycles. The van der Waals surface area contributed by atoms with E-state index in [1.807, 2.05) is 0 Å². The lowest BCUT2D eigenvalue weighted by Gasteiger charge is -2.16. The smallest absolute Gasteiger partial charge is 0.223 e. The molecule has 2 rings (SSSR count). The molecule has 2 unspecified atom stereocenters. The van der Waals surface area contributed by atoms with Crippen molar-refractivity contribution in [1.29, 1.82) is 0 Å². The quantitative estimate of drug-likeness (QED) is 0.584. The fourth-order valence-electron chi connectivity index (χ4n) is 3.28. The Kier molecular flexibility index (Phi) is 7.32. The Labute approximate surface area is 130 Å². The molecular formula is C16H31ClN2O. The van der Waals surface area contributed by atoms with Crippen molar-refractivity contribution in [2.75, 3.05) is 13.1 Å². The largest absolute Gasteiger partial charge is 0.355 e. The normalized spacial score (nSPS) is 30.2. The van der Waals surface area contributed by atoms with Crippen LogP contribution in [0.3, 0.4) is 0 Å². The maximum Gasteiger partial charge on any atom is 0.223 e. The minimum absolute atomic E-state index is 0. The van der Waals surface area contributed by atoms with Crippen LogP contribution in [-0.2, 0) is 4.79 Å². The van der Waals surface area contributed by atoms with Crippen molar-refractivity contribution in [3.63, 3.8) is 0 Å². The van der Waals surface area contributed by atoms with Gasteiger partial charge in [-0.25, -0.2) is 0 Å². The highest BCUT2D eigenvalue weighted by molar-refractivity contribution is 5.85. The van der Waals surface area contributed by atoms with Crippen LogP contribution >= 0.6 is 12.4 Å². The van der Waals surface area contributed by atoms with Crippen LogP contribution in [-0.4, -0.2) is 25.0 Å². The average molecular weight is 303 g/mol. The number of hydrogen-bond donors (Lipinski definition) is 2. The summed E-state index contributed by atoms with van der Waals surface area (Å²) < 4.78 is 0. The van der Waals surface area contributed by atoms with Gasteiger partial charge >= 0.3 is 0 Å². The molecule has 1 amide bonds. The van der Waals surface area contributed by atoms with Gasteiger partial charge in [0.25, 0.3) is 0 Å². The predicted molar refractivity (Wildman–Crippen MR) is 86.3 cm³/mol. The fourth-order valence-corrected chi connectivity index (χ4v) is 3.28. The maximum atomic E-state index is 11.9. The second kappa shape index (κ2) is 8.23. The number of nitrogens with one attached hydrogen (secondary N) is 2. The zero-order chi connectivity index (χ0) is 13.7. The van der Waals surface area contributed by atoms with Crippen LogP contribution in [0.15, 0.2) is 0 Å². The van der Waals surface area contributed by atoms with E-state index in [0.717, 1.165) is 25.9 Å².